The van der Waals surface area contributed by atoms with Gasteiger partial charge in [-0.25, -0.2) is 8.42 Å². The fourth-order valence-corrected chi connectivity index (χ4v) is 4.36. The van der Waals surface area contributed by atoms with Gasteiger partial charge >= 0.3 is 0 Å². The second-order valence-electron chi connectivity index (χ2n) is 6.76. The van der Waals surface area contributed by atoms with Gasteiger partial charge in [-0.1, -0.05) is 25.1 Å². The third kappa shape index (κ3) is 4.79. The summed E-state index contributed by atoms with van der Waals surface area (Å²) in [6.45, 7) is 4.99. The average Bonchev–Trinajstić information content (AvgIpc) is 2.69. The average molecular weight is 404 g/mol. The van der Waals surface area contributed by atoms with E-state index in [0.717, 1.165) is 38.5 Å². The number of para-hydroxylation sites is 1. The molecule has 1 saturated heterocycles. The SMILES string of the molecule is CCN1CCC(Nc2ccc(S(=O)(=O)Nc3ccccc3)cc2[N+](=O)[O-])CC1. The van der Waals surface area contributed by atoms with Gasteiger partial charge in [0.1, 0.15) is 5.69 Å². The van der Waals surface area contributed by atoms with Gasteiger partial charge in [0.15, 0.2) is 0 Å². The molecule has 0 aliphatic carbocycles. The van der Waals surface area contributed by atoms with Crippen molar-refractivity contribution >= 4 is 27.1 Å². The predicted octanol–water partition coefficient (Wildman–Crippen LogP) is 3.29. The number of likely N-dealkylation sites (tertiary alicyclic amines) is 1. The molecule has 3 rings (SSSR count). The molecule has 150 valence electrons. The van der Waals surface area contributed by atoms with E-state index in [4.69, 9.17) is 0 Å². The molecule has 2 N–H and O–H groups in total. The van der Waals surface area contributed by atoms with Gasteiger partial charge in [0.05, 0.1) is 9.82 Å². The Balaban J connectivity index is 1.80. The van der Waals surface area contributed by atoms with Gasteiger partial charge in [-0.15, -0.1) is 0 Å². The molecule has 2 aromatic rings. The van der Waals surface area contributed by atoms with Crippen molar-refractivity contribution in [2.75, 3.05) is 29.7 Å². The van der Waals surface area contributed by atoms with Crippen LogP contribution in [0, 0.1) is 10.1 Å². The van der Waals surface area contributed by atoms with Crippen molar-refractivity contribution in [1.82, 2.24) is 4.90 Å². The van der Waals surface area contributed by atoms with Gasteiger partial charge in [-0.3, -0.25) is 14.8 Å². The molecule has 0 radical (unpaired) electrons. The largest absolute Gasteiger partial charge is 0.377 e. The summed E-state index contributed by atoms with van der Waals surface area (Å²) < 4.78 is 27.6. The minimum absolute atomic E-state index is 0.131. The molecule has 1 aliphatic heterocycles. The fourth-order valence-electron chi connectivity index (χ4n) is 3.29. The Hall–Kier alpha value is -2.65. The zero-order chi connectivity index (χ0) is 20.1. The molecule has 0 amide bonds. The fraction of sp³-hybridized carbons (Fsp3) is 0.368. The zero-order valence-corrected chi connectivity index (χ0v) is 16.5. The van der Waals surface area contributed by atoms with Gasteiger partial charge in [-0.2, -0.15) is 0 Å². The Labute approximate surface area is 164 Å². The first-order valence-corrected chi connectivity index (χ1v) is 10.7. The molecule has 0 aromatic heterocycles. The van der Waals surface area contributed by atoms with Gasteiger partial charge in [0, 0.05) is 30.9 Å². The highest BCUT2D eigenvalue weighted by Crippen LogP contribution is 2.30. The molecular weight excluding hydrogens is 380 g/mol. The van der Waals surface area contributed by atoms with E-state index in [1.54, 1.807) is 30.3 Å². The summed E-state index contributed by atoms with van der Waals surface area (Å²) in [6.07, 6.45) is 1.78. The van der Waals surface area contributed by atoms with Crippen LogP contribution in [0.25, 0.3) is 0 Å². The van der Waals surface area contributed by atoms with Crippen molar-refractivity contribution in [3.8, 4) is 0 Å². The Kier molecular flexibility index (Phi) is 6.15. The Bertz CT molecular complexity index is 926. The smallest absolute Gasteiger partial charge is 0.293 e. The Morgan fingerprint density at radius 2 is 1.82 bits per heavy atom. The quantitative estimate of drug-likeness (QED) is 0.542. The highest BCUT2D eigenvalue weighted by molar-refractivity contribution is 7.92. The van der Waals surface area contributed by atoms with E-state index in [0.29, 0.717) is 11.4 Å². The molecular formula is C19H24N4O4S. The predicted molar refractivity (Wildman–Crippen MR) is 109 cm³/mol. The van der Waals surface area contributed by atoms with Crippen molar-refractivity contribution < 1.29 is 13.3 Å². The summed E-state index contributed by atoms with van der Waals surface area (Å²) >= 11 is 0. The normalized spacial score (nSPS) is 15.9. The van der Waals surface area contributed by atoms with E-state index < -0.39 is 14.9 Å². The topological polar surface area (TPSA) is 105 Å². The molecule has 0 spiro atoms. The molecule has 0 saturated carbocycles. The maximum atomic E-state index is 12.6. The van der Waals surface area contributed by atoms with Gasteiger partial charge in [0.25, 0.3) is 15.7 Å². The first-order chi connectivity index (χ1) is 13.4. The van der Waals surface area contributed by atoms with Crippen LogP contribution in [-0.2, 0) is 10.0 Å². The van der Waals surface area contributed by atoms with Gasteiger partial charge < -0.3 is 10.2 Å². The second-order valence-corrected chi connectivity index (χ2v) is 8.44. The summed E-state index contributed by atoms with van der Waals surface area (Å²) in [5.74, 6) is 0. The van der Waals surface area contributed by atoms with E-state index in [1.807, 2.05) is 0 Å². The van der Waals surface area contributed by atoms with Crippen LogP contribution in [0.2, 0.25) is 0 Å². The Morgan fingerprint density at radius 1 is 1.14 bits per heavy atom. The molecule has 8 nitrogen and oxygen atoms in total. The standard InChI is InChI=1S/C19H24N4O4S/c1-2-22-12-10-15(11-13-22)20-18-9-8-17(14-19(18)23(24)25)28(26,27)21-16-6-4-3-5-7-16/h3-9,14-15,20-21H,2,10-13H2,1H3. The van der Waals surface area contributed by atoms with Crippen LogP contribution in [0.15, 0.2) is 53.4 Å². The molecule has 9 heteroatoms. The first-order valence-electron chi connectivity index (χ1n) is 9.24. The van der Waals surface area contributed by atoms with Crippen molar-refractivity contribution in [3.05, 3.63) is 58.6 Å². The summed E-state index contributed by atoms with van der Waals surface area (Å²) in [5.41, 5.74) is 0.502. The van der Waals surface area contributed by atoms with E-state index in [-0.39, 0.29) is 16.6 Å². The third-order valence-electron chi connectivity index (χ3n) is 4.90. The minimum Gasteiger partial charge on any atom is -0.377 e. The van der Waals surface area contributed by atoms with E-state index >= 15 is 0 Å². The molecule has 2 aromatic carbocycles. The van der Waals surface area contributed by atoms with Crippen LogP contribution in [0.4, 0.5) is 17.1 Å². The molecule has 1 fully saturated rings. The molecule has 0 unspecified atom stereocenters. The third-order valence-corrected chi connectivity index (χ3v) is 6.28. The maximum absolute atomic E-state index is 12.6. The molecule has 28 heavy (non-hydrogen) atoms. The number of nitrogens with zero attached hydrogens (tertiary/aromatic N) is 2. The van der Waals surface area contributed by atoms with E-state index in [1.165, 1.54) is 12.1 Å². The van der Waals surface area contributed by atoms with Crippen molar-refractivity contribution in [1.29, 1.82) is 0 Å². The number of nitro groups is 1. The van der Waals surface area contributed by atoms with Crippen LogP contribution in [-0.4, -0.2) is 43.9 Å². The van der Waals surface area contributed by atoms with Crippen LogP contribution in [0.1, 0.15) is 19.8 Å². The summed E-state index contributed by atoms with van der Waals surface area (Å²) in [7, 11) is -3.92. The van der Waals surface area contributed by atoms with E-state index in [9.17, 15) is 18.5 Å². The number of benzene rings is 2. The zero-order valence-electron chi connectivity index (χ0n) is 15.7. The van der Waals surface area contributed by atoms with Crippen LogP contribution < -0.4 is 10.0 Å². The van der Waals surface area contributed by atoms with Crippen molar-refractivity contribution in [2.45, 2.75) is 30.7 Å². The summed E-state index contributed by atoms with van der Waals surface area (Å²) in [6, 6.07) is 12.5. The number of hydrogen-bond acceptors (Lipinski definition) is 6. The number of piperidine rings is 1. The number of nitro benzene ring substituents is 1. The Morgan fingerprint density at radius 3 is 2.43 bits per heavy atom. The maximum Gasteiger partial charge on any atom is 0.293 e. The highest BCUT2D eigenvalue weighted by Gasteiger charge is 2.24. The van der Waals surface area contributed by atoms with Gasteiger partial charge in [0.2, 0.25) is 0 Å². The van der Waals surface area contributed by atoms with Crippen LogP contribution in [0.3, 0.4) is 0 Å². The second kappa shape index (κ2) is 8.57. The number of rotatable bonds is 7. The molecule has 1 heterocycles. The number of sulfonamides is 1. The van der Waals surface area contributed by atoms with Crippen LogP contribution >= 0.6 is 0 Å². The number of hydrogen-bond donors (Lipinski definition) is 2. The minimum atomic E-state index is -3.92. The molecule has 0 bridgehead atoms. The van der Waals surface area contributed by atoms with Gasteiger partial charge in [-0.05, 0) is 43.7 Å². The number of anilines is 2. The lowest BCUT2D eigenvalue weighted by atomic mass is 10.0. The summed E-state index contributed by atoms with van der Waals surface area (Å²) in [5, 5.41) is 14.8. The van der Waals surface area contributed by atoms with Crippen LogP contribution in [0.5, 0.6) is 0 Å². The lowest BCUT2D eigenvalue weighted by Gasteiger charge is -2.31. The first kappa shape index (κ1) is 20.1. The summed E-state index contributed by atoms with van der Waals surface area (Å²) in [4.78, 5) is 13.2. The lowest BCUT2D eigenvalue weighted by molar-refractivity contribution is -0.384. The van der Waals surface area contributed by atoms with Crippen molar-refractivity contribution in [3.63, 3.8) is 0 Å². The molecule has 0 atom stereocenters. The molecule has 1 aliphatic rings. The highest BCUT2D eigenvalue weighted by atomic mass is 32.2. The van der Waals surface area contributed by atoms with Crippen molar-refractivity contribution in [2.24, 2.45) is 0 Å². The number of nitrogens with one attached hydrogen (secondary N) is 2. The van der Waals surface area contributed by atoms with E-state index in [2.05, 4.69) is 21.9 Å². The monoisotopic (exact) mass is 404 g/mol. The lowest BCUT2D eigenvalue weighted by Crippen LogP contribution is -2.38.